The molecule has 0 atom stereocenters. The van der Waals surface area contributed by atoms with Gasteiger partial charge >= 0.3 is 11.6 Å². The molecule has 0 unspecified atom stereocenters. The van der Waals surface area contributed by atoms with Gasteiger partial charge in [0, 0.05) is 29.9 Å². The Morgan fingerprint density at radius 2 is 1.88 bits per heavy atom. The number of carbonyl (C=O) groups is 1. The van der Waals surface area contributed by atoms with Crippen LogP contribution < -0.4 is 10.5 Å². The number of benzene rings is 1. The Balaban J connectivity index is 1.82. The first-order valence-electron chi connectivity index (χ1n) is 8.43. The number of fused-ring (bicyclic) bond motifs is 1. The Bertz CT molecular complexity index is 816. The summed E-state index contributed by atoms with van der Waals surface area (Å²) in [6.07, 6.45) is 1.67. The number of likely N-dealkylation sites (tertiary alicyclic amines) is 1. The Hall–Kier alpha value is -2.14. The molecule has 2 aromatic rings. The van der Waals surface area contributed by atoms with Crippen molar-refractivity contribution in [2.24, 2.45) is 5.92 Å². The third kappa shape index (κ3) is 3.36. The highest BCUT2D eigenvalue weighted by molar-refractivity contribution is 5.81. The van der Waals surface area contributed by atoms with Crippen LogP contribution in [0.3, 0.4) is 0 Å². The van der Waals surface area contributed by atoms with E-state index in [9.17, 15) is 9.59 Å². The molecular weight excluding hydrogens is 306 g/mol. The van der Waals surface area contributed by atoms with Gasteiger partial charge in [0.15, 0.2) is 0 Å². The molecule has 1 aliphatic heterocycles. The van der Waals surface area contributed by atoms with E-state index in [1.807, 2.05) is 13.0 Å². The highest BCUT2D eigenvalue weighted by Gasteiger charge is 2.28. The van der Waals surface area contributed by atoms with Gasteiger partial charge in [-0.1, -0.05) is 0 Å². The smallest absolute Gasteiger partial charge is 0.336 e. The minimum atomic E-state index is -0.301. The van der Waals surface area contributed by atoms with E-state index in [4.69, 9.17) is 9.15 Å². The highest BCUT2D eigenvalue weighted by atomic mass is 16.5. The van der Waals surface area contributed by atoms with Gasteiger partial charge in [0.2, 0.25) is 0 Å². The Morgan fingerprint density at radius 3 is 2.54 bits per heavy atom. The van der Waals surface area contributed by atoms with Crippen LogP contribution >= 0.6 is 0 Å². The van der Waals surface area contributed by atoms with Crippen LogP contribution in [0.25, 0.3) is 11.0 Å². The normalized spacial score (nSPS) is 21.0. The zero-order valence-corrected chi connectivity index (χ0v) is 14.5. The number of esters is 1. The van der Waals surface area contributed by atoms with E-state index in [0.29, 0.717) is 5.58 Å². The molecule has 0 bridgehead atoms. The molecule has 1 fully saturated rings. The topological polar surface area (TPSA) is 61.0 Å². The van der Waals surface area contributed by atoms with Gasteiger partial charge in [0.05, 0.1) is 26.1 Å². The number of hydrogen-bond donors (Lipinski definition) is 1. The molecule has 1 aromatic heterocycles. The molecule has 5 heteroatoms. The fourth-order valence-electron chi connectivity index (χ4n) is 3.50. The van der Waals surface area contributed by atoms with Crippen LogP contribution in [0.1, 0.15) is 29.5 Å². The van der Waals surface area contributed by atoms with Crippen LogP contribution in [-0.4, -0.2) is 26.2 Å². The van der Waals surface area contributed by atoms with Gasteiger partial charge in [-0.2, -0.15) is 0 Å². The van der Waals surface area contributed by atoms with E-state index in [0.717, 1.165) is 49.0 Å². The highest BCUT2D eigenvalue weighted by Crippen LogP contribution is 2.21. The molecule has 1 N–H and O–H groups in total. The average molecular weight is 330 g/mol. The lowest BCUT2D eigenvalue weighted by Gasteiger charge is -2.28. The largest absolute Gasteiger partial charge is 0.469 e. The third-order valence-electron chi connectivity index (χ3n) is 5.11. The van der Waals surface area contributed by atoms with Crippen molar-refractivity contribution in [3.63, 3.8) is 0 Å². The first kappa shape index (κ1) is 16.7. The van der Waals surface area contributed by atoms with Gasteiger partial charge in [-0.3, -0.25) is 4.79 Å². The number of ether oxygens (including phenoxy) is 1. The zero-order chi connectivity index (χ0) is 17.3. The summed E-state index contributed by atoms with van der Waals surface area (Å²) in [7, 11) is 1.45. The Morgan fingerprint density at radius 1 is 1.21 bits per heavy atom. The van der Waals surface area contributed by atoms with Gasteiger partial charge in [-0.05, 0) is 37.1 Å². The summed E-state index contributed by atoms with van der Waals surface area (Å²) in [5.74, 6) is -0.0906. The number of piperidine rings is 1. The monoisotopic (exact) mass is 330 g/mol. The molecule has 0 aliphatic carbocycles. The predicted molar refractivity (Wildman–Crippen MR) is 91.1 cm³/mol. The molecule has 0 spiro atoms. The molecular formula is C19H24NO4+. The molecule has 2 heterocycles. The quantitative estimate of drug-likeness (QED) is 0.682. The second-order valence-corrected chi connectivity index (χ2v) is 6.75. The number of methoxy groups -OCH3 is 1. The first-order chi connectivity index (χ1) is 11.5. The molecule has 24 heavy (non-hydrogen) atoms. The summed E-state index contributed by atoms with van der Waals surface area (Å²) in [5, 5.41) is 1.01. The number of hydrogen-bond acceptors (Lipinski definition) is 4. The average Bonchev–Trinajstić information content (AvgIpc) is 2.56. The van der Waals surface area contributed by atoms with E-state index in [1.54, 1.807) is 6.07 Å². The number of quaternary nitrogens is 1. The molecule has 1 aromatic carbocycles. The lowest BCUT2D eigenvalue weighted by Crippen LogP contribution is -3.11. The van der Waals surface area contributed by atoms with Gasteiger partial charge in [0.25, 0.3) is 0 Å². The number of aryl methyl sites for hydroxylation is 2. The molecule has 5 nitrogen and oxygen atoms in total. The maximum atomic E-state index is 11.9. The van der Waals surface area contributed by atoms with Crippen LogP contribution in [0.15, 0.2) is 27.4 Å². The molecule has 3 rings (SSSR count). The zero-order valence-electron chi connectivity index (χ0n) is 14.5. The SMILES string of the molecule is COC(=O)C1CC[NH+](Cc2cc(=O)oc3cc(C)c(C)cc23)CC1. The van der Waals surface area contributed by atoms with E-state index in [2.05, 4.69) is 13.0 Å². The first-order valence-corrected chi connectivity index (χ1v) is 8.43. The van der Waals surface area contributed by atoms with Crippen LogP contribution in [0, 0.1) is 19.8 Å². The number of rotatable bonds is 3. The Kier molecular flexibility index (Phi) is 4.71. The second-order valence-electron chi connectivity index (χ2n) is 6.75. The van der Waals surface area contributed by atoms with Crippen LogP contribution in [-0.2, 0) is 16.1 Å². The standard InChI is InChI=1S/C19H23NO4/c1-12-8-16-15(10-18(21)24-17(16)9-13(12)2)11-20-6-4-14(5-7-20)19(22)23-3/h8-10,14H,4-7,11H2,1-3H3/p+1. The summed E-state index contributed by atoms with van der Waals surface area (Å²) in [6.45, 7) is 6.68. The number of carbonyl (C=O) groups excluding carboxylic acids is 1. The van der Waals surface area contributed by atoms with Crippen molar-refractivity contribution in [3.05, 3.63) is 45.3 Å². The summed E-state index contributed by atoms with van der Waals surface area (Å²) in [4.78, 5) is 24.9. The van der Waals surface area contributed by atoms with Crippen molar-refractivity contribution < 1.29 is 18.8 Å². The summed E-state index contributed by atoms with van der Waals surface area (Å²) in [5.41, 5.74) is 3.69. The second kappa shape index (κ2) is 6.77. The fraction of sp³-hybridized carbons (Fsp3) is 0.474. The Labute approximate surface area is 141 Å². The van der Waals surface area contributed by atoms with Crippen molar-refractivity contribution >= 4 is 16.9 Å². The van der Waals surface area contributed by atoms with E-state index >= 15 is 0 Å². The number of nitrogens with one attached hydrogen (secondary N) is 1. The minimum absolute atomic E-state index is 0.0150. The predicted octanol–water partition coefficient (Wildman–Crippen LogP) is 1.38. The van der Waals surface area contributed by atoms with E-state index in [-0.39, 0.29) is 17.5 Å². The summed E-state index contributed by atoms with van der Waals surface area (Å²) < 4.78 is 10.2. The lowest BCUT2D eigenvalue weighted by atomic mass is 9.96. The lowest BCUT2D eigenvalue weighted by molar-refractivity contribution is -0.919. The van der Waals surface area contributed by atoms with E-state index in [1.165, 1.54) is 17.6 Å². The summed E-state index contributed by atoms with van der Waals surface area (Å²) in [6, 6.07) is 5.65. The van der Waals surface area contributed by atoms with E-state index < -0.39 is 0 Å². The fourth-order valence-corrected chi connectivity index (χ4v) is 3.50. The summed E-state index contributed by atoms with van der Waals surface area (Å²) >= 11 is 0. The molecule has 1 aliphatic rings. The minimum Gasteiger partial charge on any atom is -0.469 e. The van der Waals surface area contributed by atoms with Crippen LogP contribution in [0.5, 0.6) is 0 Å². The van der Waals surface area contributed by atoms with Gasteiger partial charge in [-0.15, -0.1) is 0 Å². The van der Waals surface area contributed by atoms with Gasteiger partial charge in [-0.25, -0.2) is 4.79 Å². The van der Waals surface area contributed by atoms with Crippen molar-refractivity contribution in [2.45, 2.75) is 33.2 Å². The molecule has 1 saturated heterocycles. The molecule has 0 radical (unpaired) electrons. The van der Waals surface area contributed by atoms with Crippen molar-refractivity contribution in [2.75, 3.05) is 20.2 Å². The third-order valence-corrected chi connectivity index (χ3v) is 5.11. The van der Waals surface area contributed by atoms with Crippen LogP contribution in [0.2, 0.25) is 0 Å². The van der Waals surface area contributed by atoms with Crippen molar-refractivity contribution in [1.29, 1.82) is 0 Å². The molecule has 128 valence electrons. The van der Waals surface area contributed by atoms with Gasteiger partial charge in [0.1, 0.15) is 12.1 Å². The maximum absolute atomic E-state index is 11.9. The molecule has 0 amide bonds. The van der Waals surface area contributed by atoms with Crippen LogP contribution in [0.4, 0.5) is 0 Å². The molecule has 0 saturated carbocycles. The van der Waals surface area contributed by atoms with Gasteiger partial charge < -0.3 is 14.1 Å². The van der Waals surface area contributed by atoms with Crippen molar-refractivity contribution in [1.82, 2.24) is 0 Å². The maximum Gasteiger partial charge on any atom is 0.336 e. The van der Waals surface area contributed by atoms with Crippen molar-refractivity contribution in [3.8, 4) is 0 Å².